The average molecular weight is 548 g/mol. The molecule has 8 heteroatoms. The van der Waals surface area contributed by atoms with Crippen molar-refractivity contribution in [3.8, 4) is 18.7 Å². The van der Waals surface area contributed by atoms with Crippen molar-refractivity contribution >= 4 is 15.9 Å². The topological polar surface area (TPSA) is 88.6 Å². The van der Waals surface area contributed by atoms with Gasteiger partial charge in [0.25, 0.3) is 5.91 Å². The summed E-state index contributed by atoms with van der Waals surface area (Å²) in [5.41, 5.74) is 3.57. The smallest absolute Gasteiger partial charge is 0.255 e. The lowest BCUT2D eigenvalue weighted by molar-refractivity contribution is 0.0637. The molecule has 0 spiro atoms. The first-order valence-electron chi connectivity index (χ1n) is 13.0. The van der Waals surface area contributed by atoms with Crippen molar-refractivity contribution in [2.24, 2.45) is 0 Å². The molecule has 0 saturated carbocycles. The average Bonchev–Trinajstić information content (AvgIpc) is 2.91. The number of carbonyl (C=O) groups excluding carboxylic acids is 1. The van der Waals surface area contributed by atoms with E-state index in [9.17, 15) is 13.2 Å². The lowest BCUT2D eigenvalue weighted by atomic mass is 9.91. The maximum atomic E-state index is 13.5. The molecule has 0 fully saturated rings. The van der Waals surface area contributed by atoms with Crippen LogP contribution in [0.2, 0.25) is 0 Å². The first-order valence-corrected chi connectivity index (χ1v) is 14.5. The van der Waals surface area contributed by atoms with Crippen LogP contribution in [0.5, 0.6) is 5.88 Å². The maximum absolute atomic E-state index is 13.5. The second-order valence-electron chi connectivity index (χ2n) is 10.2. The Morgan fingerprint density at radius 2 is 1.79 bits per heavy atom. The van der Waals surface area contributed by atoms with E-state index in [0.717, 1.165) is 23.1 Å². The van der Waals surface area contributed by atoms with Crippen molar-refractivity contribution in [1.82, 2.24) is 14.6 Å². The van der Waals surface area contributed by atoms with Gasteiger partial charge in [-0.1, -0.05) is 48.9 Å². The molecular weight excluding hydrogens is 510 g/mol. The summed E-state index contributed by atoms with van der Waals surface area (Å²) in [6.45, 7) is 10.8. The molecule has 206 valence electrons. The number of nitrogens with zero attached hydrogens (tertiary/aromatic N) is 2. The molecule has 7 nitrogen and oxygen atoms in total. The normalized spacial score (nSPS) is 15.7. The van der Waals surface area contributed by atoms with Gasteiger partial charge in [-0.3, -0.25) is 4.79 Å². The number of carbonyl (C=O) groups is 1. The van der Waals surface area contributed by atoms with Crippen LogP contribution in [-0.2, 0) is 23.0 Å². The fraction of sp³-hybridized carbons (Fsp3) is 0.355. The van der Waals surface area contributed by atoms with E-state index < -0.39 is 21.7 Å². The number of hydrogen-bond donors (Lipinski definition) is 1. The molecule has 1 amide bonds. The molecule has 4 rings (SSSR count). The molecule has 39 heavy (non-hydrogen) atoms. The standard InChI is InChI=1S/C29H35N3O4S.C2H2/c1-6-21-11-13-24(14-12-21)37(34,35)31-26-17-29(4,5)36-27-25(26)16-23(18-30-27)28(33)32(7-2)19-22-10-8-9-20(3)15-22;1-2/h8-16,18,26,31H,6-7,17,19H2,1-5H3;1-2H/t26-;/m0./s1. The minimum absolute atomic E-state index is 0.166. The predicted octanol–water partition coefficient (Wildman–Crippen LogP) is 5.44. The van der Waals surface area contributed by atoms with Gasteiger partial charge >= 0.3 is 0 Å². The van der Waals surface area contributed by atoms with Gasteiger partial charge in [-0.25, -0.2) is 18.1 Å². The predicted molar refractivity (Wildman–Crippen MR) is 154 cm³/mol. The molecule has 0 aliphatic carbocycles. The third kappa shape index (κ3) is 7.25. The number of aromatic nitrogens is 1. The third-order valence-electron chi connectivity index (χ3n) is 6.63. The van der Waals surface area contributed by atoms with E-state index in [0.29, 0.717) is 36.5 Å². The zero-order valence-corrected chi connectivity index (χ0v) is 24.1. The van der Waals surface area contributed by atoms with Gasteiger partial charge in [0.05, 0.1) is 16.5 Å². The van der Waals surface area contributed by atoms with Crippen LogP contribution in [-0.4, -0.2) is 36.4 Å². The molecule has 0 radical (unpaired) electrons. The highest BCUT2D eigenvalue weighted by molar-refractivity contribution is 7.89. The fourth-order valence-electron chi connectivity index (χ4n) is 4.63. The number of pyridine rings is 1. The molecule has 1 N–H and O–H groups in total. The van der Waals surface area contributed by atoms with E-state index in [4.69, 9.17) is 4.74 Å². The second kappa shape index (κ2) is 12.5. The largest absolute Gasteiger partial charge is 0.471 e. The molecule has 0 bridgehead atoms. The van der Waals surface area contributed by atoms with Gasteiger partial charge in [0.1, 0.15) is 5.60 Å². The maximum Gasteiger partial charge on any atom is 0.255 e. The molecule has 1 aromatic heterocycles. The molecule has 1 aliphatic rings. The Bertz CT molecular complexity index is 1430. The number of ether oxygens (including phenoxy) is 1. The Morgan fingerprint density at radius 3 is 2.41 bits per heavy atom. The Morgan fingerprint density at radius 1 is 1.10 bits per heavy atom. The van der Waals surface area contributed by atoms with Gasteiger partial charge in [-0.05, 0) is 63.4 Å². The zero-order chi connectivity index (χ0) is 28.8. The summed E-state index contributed by atoms with van der Waals surface area (Å²) in [6.07, 6.45) is 10.7. The van der Waals surface area contributed by atoms with Crippen LogP contribution in [0.3, 0.4) is 0 Å². The summed E-state index contributed by atoms with van der Waals surface area (Å²) in [5, 5.41) is 0. The fourth-order valence-corrected chi connectivity index (χ4v) is 5.85. The van der Waals surface area contributed by atoms with Crippen molar-refractivity contribution in [3.63, 3.8) is 0 Å². The molecule has 1 aliphatic heterocycles. The minimum atomic E-state index is -3.81. The Hall–Kier alpha value is -3.67. The van der Waals surface area contributed by atoms with E-state index in [1.165, 1.54) is 6.20 Å². The van der Waals surface area contributed by atoms with Gasteiger partial charge in [-0.2, -0.15) is 0 Å². The number of terminal acetylenes is 1. The van der Waals surface area contributed by atoms with Crippen LogP contribution < -0.4 is 9.46 Å². The molecule has 2 heterocycles. The second-order valence-corrected chi connectivity index (χ2v) is 11.9. The number of aryl methyl sites for hydroxylation is 2. The summed E-state index contributed by atoms with van der Waals surface area (Å²) in [4.78, 5) is 19.9. The van der Waals surface area contributed by atoms with Crippen LogP contribution in [0.25, 0.3) is 0 Å². The SMILES string of the molecule is C#C.CCc1ccc(S(=O)(=O)N[C@H]2CC(C)(C)Oc3ncc(C(=O)N(CC)Cc4cccc(C)c4)cc32)cc1. The molecule has 0 unspecified atom stereocenters. The van der Waals surface area contributed by atoms with Gasteiger partial charge in [0.15, 0.2) is 0 Å². The Balaban J connectivity index is 0.00000205. The van der Waals surface area contributed by atoms with E-state index >= 15 is 0 Å². The number of nitrogens with one attached hydrogen (secondary N) is 1. The lowest BCUT2D eigenvalue weighted by Crippen LogP contribution is -2.42. The van der Waals surface area contributed by atoms with Crippen LogP contribution in [0.15, 0.2) is 65.7 Å². The highest BCUT2D eigenvalue weighted by Crippen LogP contribution is 2.39. The summed E-state index contributed by atoms with van der Waals surface area (Å²) in [6, 6.07) is 16.1. The first-order chi connectivity index (χ1) is 18.5. The third-order valence-corrected chi connectivity index (χ3v) is 8.12. The summed E-state index contributed by atoms with van der Waals surface area (Å²) < 4.78 is 35.5. The number of rotatable bonds is 8. The van der Waals surface area contributed by atoms with E-state index in [1.54, 1.807) is 23.1 Å². The molecule has 2 aromatic carbocycles. The Labute approximate surface area is 232 Å². The number of benzene rings is 2. The minimum Gasteiger partial charge on any atom is -0.471 e. The summed E-state index contributed by atoms with van der Waals surface area (Å²) in [5.74, 6) is 0.171. The van der Waals surface area contributed by atoms with Crippen molar-refractivity contribution < 1.29 is 17.9 Å². The Kier molecular flexibility index (Phi) is 9.54. The quantitative estimate of drug-likeness (QED) is 0.379. The van der Waals surface area contributed by atoms with Gasteiger partial charge in [-0.15, -0.1) is 12.8 Å². The monoisotopic (exact) mass is 547 g/mol. The van der Waals surface area contributed by atoms with Gasteiger partial charge < -0.3 is 9.64 Å². The van der Waals surface area contributed by atoms with E-state index in [1.807, 2.05) is 65.0 Å². The number of fused-ring (bicyclic) bond motifs is 1. The van der Waals surface area contributed by atoms with E-state index in [2.05, 4.69) is 28.6 Å². The molecule has 3 aromatic rings. The number of sulfonamides is 1. The lowest BCUT2D eigenvalue weighted by Gasteiger charge is -2.37. The summed E-state index contributed by atoms with van der Waals surface area (Å²) in [7, 11) is -3.81. The van der Waals surface area contributed by atoms with E-state index in [-0.39, 0.29) is 10.8 Å². The summed E-state index contributed by atoms with van der Waals surface area (Å²) >= 11 is 0. The number of hydrogen-bond acceptors (Lipinski definition) is 5. The van der Waals surface area contributed by atoms with Gasteiger partial charge in [0, 0.05) is 31.3 Å². The molecular formula is C31H37N3O4S. The van der Waals surface area contributed by atoms with Crippen molar-refractivity contribution in [1.29, 1.82) is 0 Å². The highest BCUT2D eigenvalue weighted by atomic mass is 32.2. The van der Waals surface area contributed by atoms with Gasteiger partial charge in [0.2, 0.25) is 15.9 Å². The first kappa shape index (κ1) is 29.9. The zero-order valence-electron chi connectivity index (χ0n) is 23.3. The molecule has 0 saturated heterocycles. The van der Waals surface area contributed by atoms with Crippen molar-refractivity contribution in [3.05, 3.63) is 88.6 Å². The van der Waals surface area contributed by atoms with Crippen LogP contribution in [0.1, 0.15) is 72.8 Å². The van der Waals surface area contributed by atoms with Crippen LogP contribution >= 0.6 is 0 Å². The molecule has 1 atom stereocenters. The van der Waals surface area contributed by atoms with Crippen LogP contribution in [0, 0.1) is 19.8 Å². The number of amides is 1. The van der Waals surface area contributed by atoms with Crippen molar-refractivity contribution in [2.75, 3.05) is 6.54 Å². The van der Waals surface area contributed by atoms with Crippen molar-refractivity contribution in [2.45, 2.75) is 70.5 Å². The van der Waals surface area contributed by atoms with Crippen LogP contribution in [0.4, 0.5) is 0 Å². The highest BCUT2D eigenvalue weighted by Gasteiger charge is 2.37.